The predicted octanol–water partition coefficient (Wildman–Crippen LogP) is 3.71. The van der Waals surface area contributed by atoms with E-state index in [1.807, 2.05) is 0 Å². The predicted molar refractivity (Wildman–Crippen MR) is 76.5 cm³/mol. The van der Waals surface area contributed by atoms with Gasteiger partial charge in [-0.05, 0) is 55.8 Å². The Morgan fingerprint density at radius 1 is 1.28 bits per heavy atom. The fraction of sp³-hybridized carbons (Fsp3) is 0.533. The summed E-state index contributed by atoms with van der Waals surface area (Å²) in [5.74, 6) is 0.805. The van der Waals surface area contributed by atoms with E-state index in [-0.39, 0.29) is 6.04 Å². The van der Waals surface area contributed by atoms with Gasteiger partial charge < -0.3 is 0 Å². The van der Waals surface area contributed by atoms with Crippen molar-refractivity contribution in [1.82, 2.24) is 4.90 Å². The standard InChI is InChI=1S/C15H20N2S/c1-12-7-9-17(10-8-12)15(11-16)13-3-5-14(18-2)6-4-13/h3-6,12,15H,7-10H2,1-2H3. The van der Waals surface area contributed by atoms with Gasteiger partial charge >= 0.3 is 0 Å². The minimum atomic E-state index is -0.0755. The molecule has 0 amide bonds. The van der Waals surface area contributed by atoms with Crippen molar-refractivity contribution in [3.05, 3.63) is 29.8 Å². The van der Waals surface area contributed by atoms with Crippen molar-refractivity contribution in [1.29, 1.82) is 5.26 Å². The lowest BCUT2D eigenvalue weighted by molar-refractivity contribution is 0.165. The van der Waals surface area contributed by atoms with Crippen molar-refractivity contribution in [3.8, 4) is 6.07 Å². The average molecular weight is 260 g/mol. The maximum absolute atomic E-state index is 9.43. The Hall–Kier alpha value is -0.980. The summed E-state index contributed by atoms with van der Waals surface area (Å²) in [6, 6.07) is 10.8. The molecule has 1 aromatic carbocycles. The van der Waals surface area contributed by atoms with E-state index in [0.29, 0.717) is 0 Å². The molecule has 2 nitrogen and oxygen atoms in total. The van der Waals surface area contributed by atoms with E-state index in [1.165, 1.54) is 17.7 Å². The van der Waals surface area contributed by atoms with Gasteiger partial charge in [0, 0.05) is 4.90 Å². The molecule has 1 saturated heterocycles. The molecular formula is C15H20N2S. The van der Waals surface area contributed by atoms with Crippen LogP contribution in [0.5, 0.6) is 0 Å². The number of hydrogen-bond donors (Lipinski definition) is 0. The fourth-order valence-corrected chi connectivity index (χ4v) is 2.85. The zero-order chi connectivity index (χ0) is 13.0. The van der Waals surface area contributed by atoms with E-state index in [9.17, 15) is 5.26 Å². The van der Waals surface area contributed by atoms with Crippen molar-refractivity contribution in [2.24, 2.45) is 5.92 Å². The van der Waals surface area contributed by atoms with Crippen LogP contribution in [-0.4, -0.2) is 24.2 Å². The Labute approximate surface area is 114 Å². The zero-order valence-corrected chi connectivity index (χ0v) is 11.9. The van der Waals surface area contributed by atoms with Crippen LogP contribution in [0.3, 0.4) is 0 Å². The molecule has 3 heteroatoms. The number of benzene rings is 1. The number of nitriles is 1. The van der Waals surface area contributed by atoms with Gasteiger partial charge in [-0.2, -0.15) is 5.26 Å². The van der Waals surface area contributed by atoms with Crippen molar-refractivity contribution in [2.75, 3.05) is 19.3 Å². The van der Waals surface area contributed by atoms with Gasteiger partial charge in [0.2, 0.25) is 0 Å². The molecule has 0 radical (unpaired) electrons. The average Bonchev–Trinajstić information content (AvgIpc) is 2.42. The summed E-state index contributed by atoms with van der Waals surface area (Å²) in [4.78, 5) is 3.57. The minimum Gasteiger partial charge on any atom is -0.284 e. The first kappa shape index (κ1) is 13.5. The van der Waals surface area contributed by atoms with Gasteiger partial charge in [0.05, 0.1) is 6.07 Å². The maximum atomic E-state index is 9.43. The lowest BCUT2D eigenvalue weighted by Gasteiger charge is -2.33. The van der Waals surface area contributed by atoms with Crippen LogP contribution in [0.25, 0.3) is 0 Å². The Balaban J connectivity index is 2.10. The van der Waals surface area contributed by atoms with E-state index in [2.05, 4.69) is 48.4 Å². The van der Waals surface area contributed by atoms with Crippen LogP contribution in [0, 0.1) is 17.2 Å². The third-order valence-corrected chi connectivity index (χ3v) is 4.48. The number of likely N-dealkylation sites (tertiary alicyclic amines) is 1. The van der Waals surface area contributed by atoms with Crippen molar-refractivity contribution >= 4 is 11.8 Å². The molecule has 1 aliphatic heterocycles. The van der Waals surface area contributed by atoms with Gasteiger partial charge in [0.25, 0.3) is 0 Å². The number of thioether (sulfide) groups is 1. The molecule has 96 valence electrons. The smallest absolute Gasteiger partial charge is 0.123 e. The number of hydrogen-bond acceptors (Lipinski definition) is 3. The summed E-state index contributed by atoms with van der Waals surface area (Å²) in [7, 11) is 0. The summed E-state index contributed by atoms with van der Waals surface area (Å²) in [5.41, 5.74) is 1.13. The molecule has 0 saturated carbocycles. The van der Waals surface area contributed by atoms with Crippen molar-refractivity contribution < 1.29 is 0 Å². The topological polar surface area (TPSA) is 27.0 Å². The molecular weight excluding hydrogens is 240 g/mol. The van der Waals surface area contributed by atoms with Crippen molar-refractivity contribution in [3.63, 3.8) is 0 Å². The summed E-state index contributed by atoms with van der Waals surface area (Å²) in [5, 5.41) is 9.43. The second-order valence-electron chi connectivity index (χ2n) is 5.02. The van der Waals surface area contributed by atoms with Gasteiger partial charge in [-0.25, -0.2) is 0 Å². The molecule has 1 unspecified atom stereocenters. The SMILES string of the molecule is CSc1ccc(C(C#N)N2CCC(C)CC2)cc1. The molecule has 1 heterocycles. The van der Waals surface area contributed by atoms with Crippen LogP contribution in [0.15, 0.2) is 29.2 Å². The van der Waals surface area contributed by atoms with Crippen LogP contribution in [0.4, 0.5) is 0 Å². The minimum absolute atomic E-state index is 0.0755. The molecule has 1 aromatic rings. The molecule has 0 bridgehead atoms. The van der Waals surface area contributed by atoms with E-state index >= 15 is 0 Å². The Kier molecular flexibility index (Phi) is 4.68. The van der Waals surface area contributed by atoms with Crippen LogP contribution < -0.4 is 0 Å². The van der Waals surface area contributed by atoms with Crippen LogP contribution in [0.1, 0.15) is 31.4 Å². The lowest BCUT2D eigenvalue weighted by atomic mass is 9.96. The highest BCUT2D eigenvalue weighted by Crippen LogP contribution is 2.27. The van der Waals surface area contributed by atoms with Crippen LogP contribution in [0.2, 0.25) is 0 Å². The summed E-state index contributed by atoms with van der Waals surface area (Å²) < 4.78 is 0. The highest BCUT2D eigenvalue weighted by atomic mass is 32.2. The molecule has 1 atom stereocenters. The molecule has 2 rings (SSSR count). The summed E-state index contributed by atoms with van der Waals surface area (Å²) in [6.45, 7) is 4.39. The van der Waals surface area contributed by atoms with E-state index in [4.69, 9.17) is 0 Å². The third kappa shape index (κ3) is 3.07. The Bertz CT molecular complexity index is 413. The van der Waals surface area contributed by atoms with Gasteiger partial charge in [-0.15, -0.1) is 11.8 Å². The molecule has 0 spiro atoms. The van der Waals surface area contributed by atoms with Crippen LogP contribution in [-0.2, 0) is 0 Å². The molecule has 0 aromatic heterocycles. The van der Waals surface area contributed by atoms with Crippen molar-refractivity contribution in [2.45, 2.75) is 30.7 Å². The van der Waals surface area contributed by atoms with E-state index in [1.54, 1.807) is 11.8 Å². The highest BCUT2D eigenvalue weighted by molar-refractivity contribution is 7.98. The second kappa shape index (κ2) is 6.26. The van der Waals surface area contributed by atoms with E-state index < -0.39 is 0 Å². The fourth-order valence-electron chi connectivity index (χ4n) is 2.44. The monoisotopic (exact) mass is 260 g/mol. The maximum Gasteiger partial charge on any atom is 0.123 e. The highest BCUT2D eigenvalue weighted by Gasteiger charge is 2.24. The Morgan fingerprint density at radius 2 is 1.89 bits per heavy atom. The summed E-state index contributed by atoms with van der Waals surface area (Å²) >= 11 is 1.74. The quantitative estimate of drug-likeness (QED) is 0.775. The first-order valence-corrected chi connectivity index (χ1v) is 7.74. The lowest BCUT2D eigenvalue weighted by Crippen LogP contribution is -2.35. The van der Waals surface area contributed by atoms with Gasteiger partial charge in [-0.1, -0.05) is 19.1 Å². The Morgan fingerprint density at radius 3 is 2.39 bits per heavy atom. The molecule has 0 N–H and O–H groups in total. The van der Waals surface area contributed by atoms with Gasteiger partial charge in [0.15, 0.2) is 0 Å². The molecule has 18 heavy (non-hydrogen) atoms. The largest absolute Gasteiger partial charge is 0.284 e. The molecule has 1 fully saturated rings. The number of nitrogens with zero attached hydrogens (tertiary/aromatic N) is 2. The number of piperidine rings is 1. The first-order chi connectivity index (χ1) is 8.74. The normalized spacial score (nSPS) is 19.4. The second-order valence-corrected chi connectivity index (χ2v) is 5.90. The van der Waals surface area contributed by atoms with Gasteiger partial charge in [-0.3, -0.25) is 4.90 Å². The molecule has 1 aliphatic rings. The van der Waals surface area contributed by atoms with Gasteiger partial charge in [0.1, 0.15) is 6.04 Å². The van der Waals surface area contributed by atoms with E-state index in [0.717, 1.165) is 24.6 Å². The summed E-state index contributed by atoms with van der Waals surface area (Å²) in [6.07, 6.45) is 4.49. The zero-order valence-electron chi connectivity index (χ0n) is 11.1. The number of rotatable bonds is 3. The third-order valence-electron chi connectivity index (χ3n) is 3.74. The van der Waals surface area contributed by atoms with Crippen LogP contribution >= 0.6 is 11.8 Å². The molecule has 0 aliphatic carbocycles. The first-order valence-electron chi connectivity index (χ1n) is 6.52.